The van der Waals surface area contributed by atoms with E-state index in [1.54, 1.807) is 27.7 Å². The lowest BCUT2D eigenvalue weighted by Crippen LogP contribution is -2.48. The van der Waals surface area contributed by atoms with Crippen LogP contribution in [-0.2, 0) is 11.2 Å². The molecule has 9 nitrogen and oxygen atoms in total. The second-order valence-corrected chi connectivity index (χ2v) is 8.23. The summed E-state index contributed by atoms with van der Waals surface area (Å²) in [5.41, 5.74) is 4.60. The highest BCUT2D eigenvalue weighted by Gasteiger charge is 2.22. The Morgan fingerprint density at radius 2 is 1.76 bits per heavy atom. The maximum absolute atomic E-state index is 13.2. The van der Waals surface area contributed by atoms with Crippen molar-refractivity contribution in [3.63, 3.8) is 0 Å². The molecule has 10 heteroatoms. The van der Waals surface area contributed by atoms with Gasteiger partial charge in [-0.2, -0.15) is 9.61 Å². The number of aromatic nitrogens is 6. The fourth-order valence-corrected chi connectivity index (χ4v) is 4.35. The van der Waals surface area contributed by atoms with Crippen LogP contribution in [0.1, 0.15) is 23.4 Å². The third-order valence-electron chi connectivity index (χ3n) is 6.22. The van der Waals surface area contributed by atoms with Gasteiger partial charge in [0.05, 0.1) is 5.69 Å². The van der Waals surface area contributed by atoms with E-state index in [-0.39, 0.29) is 11.7 Å². The number of aryl methyl sites for hydroxylation is 1. The van der Waals surface area contributed by atoms with Gasteiger partial charge in [-0.15, -0.1) is 15.3 Å². The Morgan fingerprint density at radius 1 is 1.00 bits per heavy atom. The number of piperazine rings is 1. The summed E-state index contributed by atoms with van der Waals surface area (Å²) in [6.07, 6.45) is 2.62. The maximum atomic E-state index is 13.2. The number of benzene rings is 1. The normalized spacial score (nSPS) is 14.3. The van der Waals surface area contributed by atoms with Gasteiger partial charge in [0.25, 0.3) is 0 Å². The van der Waals surface area contributed by atoms with Gasteiger partial charge >= 0.3 is 0 Å². The topological polar surface area (TPSA) is 84.4 Å². The predicted octanol–water partition coefficient (Wildman–Crippen LogP) is 2.35. The molecule has 4 heterocycles. The van der Waals surface area contributed by atoms with E-state index in [0.29, 0.717) is 37.4 Å². The number of halogens is 1. The second-order valence-electron chi connectivity index (χ2n) is 8.23. The Labute approximate surface area is 190 Å². The zero-order valence-electron chi connectivity index (χ0n) is 18.6. The first kappa shape index (κ1) is 21.0. The van der Waals surface area contributed by atoms with Crippen molar-refractivity contribution in [3.8, 4) is 5.82 Å². The number of anilines is 1. The lowest BCUT2D eigenvalue weighted by Gasteiger charge is -2.36. The maximum Gasteiger partial charge on any atom is 0.223 e. The van der Waals surface area contributed by atoms with E-state index in [1.165, 1.54) is 12.1 Å². The van der Waals surface area contributed by atoms with Crippen molar-refractivity contribution in [2.45, 2.75) is 26.7 Å². The molecule has 0 spiro atoms. The van der Waals surface area contributed by atoms with Crippen LogP contribution in [0, 0.1) is 19.7 Å². The molecule has 5 rings (SSSR count). The van der Waals surface area contributed by atoms with E-state index < -0.39 is 0 Å². The molecular formula is C23H25FN8O. The zero-order valence-corrected chi connectivity index (χ0v) is 18.6. The van der Waals surface area contributed by atoms with Gasteiger partial charge in [0, 0.05) is 44.0 Å². The van der Waals surface area contributed by atoms with E-state index >= 15 is 0 Å². The SMILES string of the molecule is Cc1nn(-c2ccc3nncn3n2)c(C)c1CCC(=O)N1CCN(c2ccc(F)cc2)CC1. The van der Waals surface area contributed by atoms with Crippen LogP contribution >= 0.6 is 0 Å². The molecule has 0 atom stereocenters. The molecule has 1 aliphatic rings. The average Bonchev–Trinajstić information content (AvgIpc) is 3.41. The first-order valence-electron chi connectivity index (χ1n) is 11.0. The van der Waals surface area contributed by atoms with E-state index in [2.05, 4.69) is 25.3 Å². The minimum atomic E-state index is -0.239. The molecule has 33 heavy (non-hydrogen) atoms. The summed E-state index contributed by atoms with van der Waals surface area (Å²) in [6, 6.07) is 10.2. The summed E-state index contributed by atoms with van der Waals surface area (Å²) in [5.74, 6) is 0.582. The Hall–Kier alpha value is -3.82. The molecule has 1 aromatic carbocycles. The number of carbonyl (C=O) groups is 1. The van der Waals surface area contributed by atoms with Crippen molar-refractivity contribution >= 4 is 17.2 Å². The van der Waals surface area contributed by atoms with Crippen molar-refractivity contribution in [2.24, 2.45) is 0 Å². The van der Waals surface area contributed by atoms with E-state index in [9.17, 15) is 9.18 Å². The van der Waals surface area contributed by atoms with Gasteiger partial charge in [-0.1, -0.05) is 0 Å². The van der Waals surface area contributed by atoms with Crippen LogP contribution < -0.4 is 4.90 Å². The lowest BCUT2D eigenvalue weighted by atomic mass is 10.1. The van der Waals surface area contributed by atoms with Crippen LogP contribution in [0.3, 0.4) is 0 Å². The Bertz CT molecular complexity index is 1290. The summed E-state index contributed by atoms with van der Waals surface area (Å²) < 4.78 is 16.6. The van der Waals surface area contributed by atoms with Gasteiger partial charge in [0.2, 0.25) is 5.91 Å². The number of hydrogen-bond acceptors (Lipinski definition) is 6. The van der Waals surface area contributed by atoms with Crippen molar-refractivity contribution in [1.29, 1.82) is 0 Å². The highest BCUT2D eigenvalue weighted by Crippen LogP contribution is 2.20. The van der Waals surface area contributed by atoms with Crippen LogP contribution in [0.2, 0.25) is 0 Å². The molecule has 1 amide bonds. The van der Waals surface area contributed by atoms with Gasteiger partial charge < -0.3 is 9.80 Å². The minimum absolute atomic E-state index is 0.143. The summed E-state index contributed by atoms with van der Waals surface area (Å²) in [6.45, 7) is 6.77. The number of amides is 1. The average molecular weight is 449 g/mol. The third-order valence-corrected chi connectivity index (χ3v) is 6.22. The molecule has 0 N–H and O–H groups in total. The first-order valence-corrected chi connectivity index (χ1v) is 11.0. The minimum Gasteiger partial charge on any atom is -0.368 e. The van der Waals surface area contributed by atoms with Crippen LogP contribution in [0.25, 0.3) is 11.5 Å². The van der Waals surface area contributed by atoms with E-state index in [0.717, 1.165) is 35.7 Å². The van der Waals surface area contributed by atoms with Gasteiger partial charge in [-0.05, 0) is 62.2 Å². The highest BCUT2D eigenvalue weighted by atomic mass is 19.1. The molecule has 170 valence electrons. The molecule has 0 saturated carbocycles. The number of fused-ring (bicyclic) bond motifs is 1. The van der Waals surface area contributed by atoms with Crippen LogP contribution in [0.15, 0.2) is 42.7 Å². The smallest absolute Gasteiger partial charge is 0.223 e. The van der Waals surface area contributed by atoms with Crippen LogP contribution in [0.5, 0.6) is 0 Å². The first-order chi connectivity index (χ1) is 16.0. The monoisotopic (exact) mass is 448 g/mol. The standard InChI is InChI=1S/C23H25FN8O/c1-16-20(17(2)32(27-16)22-9-8-21-26-25-15-31(21)28-22)7-10-23(33)30-13-11-29(12-14-30)19-5-3-18(24)4-6-19/h3-6,8-9,15H,7,10-14H2,1-2H3. The number of carbonyl (C=O) groups excluding carboxylic acids is 1. The molecular weight excluding hydrogens is 423 g/mol. The number of nitrogens with zero attached hydrogens (tertiary/aromatic N) is 8. The van der Waals surface area contributed by atoms with Crippen LogP contribution in [-0.4, -0.2) is 66.6 Å². The zero-order chi connectivity index (χ0) is 22.9. The predicted molar refractivity (Wildman–Crippen MR) is 121 cm³/mol. The van der Waals surface area contributed by atoms with Crippen molar-refractivity contribution < 1.29 is 9.18 Å². The second kappa shape index (κ2) is 8.61. The quantitative estimate of drug-likeness (QED) is 0.466. The van der Waals surface area contributed by atoms with Crippen molar-refractivity contribution in [3.05, 3.63) is 65.5 Å². The summed E-state index contributed by atoms with van der Waals surface area (Å²) in [5, 5.41) is 17.0. The molecule has 1 aliphatic heterocycles. The van der Waals surface area contributed by atoms with Crippen molar-refractivity contribution in [2.75, 3.05) is 31.1 Å². The Balaban J connectivity index is 1.22. The summed E-state index contributed by atoms with van der Waals surface area (Å²) in [7, 11) is 0. The largest absolute Gasteiger partial charge is 0.368 e. The molecule has 0 bridgehead atoms. The molecule has 4 aromatic rings. The third kappa shape index (κ3) is 4.15. The van der Waals surface area contributed by atoms with E-state index in [1.807, 2.05) is 30.9 Å². The van der Waals surface area contributed by atoms with Gasteiger partial charge in [-0.3, -0.25) is 4.79 Å². The summed E-state index contributed by atoms with van der Waals surface area (Å²) >= 11 is 0. The fraction of sp³-hybridized carbons (Fsp3) is 0.348. The molecule has 1 saturated heterocycles. The molecule has 0 unspecified atom stereocenters. The molecule has 0 aliphatic carbocycles. The fourth-order valence-electron chi connectivity index (χ4n) is 4.35. The summed E-state index contributed by atoms with van der Waals surface area (Å²) in [4.78, 5) is 17.0. The van der Waals surface area contributed by atoms with Crippen LogP contribution in [0.4, 0.5) is 10.1 Å². The van der Waals surface area contributed by atoms with Crippen molar-refractivity contribution in [1.82, 2.24) is 34.5 Å². The molecule has 0 radical (unpaired) electrons. The lowest BCUT2D eigenvalue weighted by molar-refractivity contribution is -0.131. The number of rotatable bonds is 5. The van der Waals surface area contributed by atoms with Gasteiger partial charge in [0.15, 0.2) is 11.5 Å². The van der Waals surface area contributed by atoms with E-state index in [4.69, 9.17) is 0 Å². The Morgan fingerprint density at radius 3 is 2.52 bits per heavy atom. The van der Waals surface area contributed by atoms with Gasteiger partial charge in [-0.25, -0.2) is 9.07 Å². The molecule has 3 aromatic heterocycles. The molecule has 1 fully saturated rings. The Kier molecular flexibility index (Phi) is 5.49. The highest BCUT2D eigenvalue weighted by molar-refractivity contribution is 5.77. The number of hydrogen-bond donors (Lipinski definition) is 0. The van der Waals surface area contributed by atoms with Gasteiger partial charge in [0.1, 0.15) is 12.1 Å².